The highest BCUT2D eigenvalue weighted by Crippen LogP contribution is 2.32. The van der Waals surface area contributed by atoms with Crippen molar-refractivity contribution < 1.29 is 28.7 Å². The van der Waals surface area contributed by atoms with Gasteiger partial charge in [0.15, 0.2) is 6.10 Å². The molecule has 0 radical (unpaired) electrons. The molecule has 2 atom stereocenters. The number of rotatable bonds is 8. The van der Waals surface area contributed by atoms with Gasteiger partial charge >= 0.3 is 12.1 Å². The van der Waals surface area contributed by atoms with Crippen LogP contribution in [-0.4, -0.2) is 59.8 Å². The average molecular weight is 437 g/mol. The highest BCUT2D eigenvalue weighted by molar-refractivity contribution is 5.78. The van der Waals surface area contributed by atoms with Gasteiger partial charge in [0.2, 0.25) is 6.54 Å². The first-order chi connectivity index (χ1) is 14.5. The summed E-state index contributed by atoms with van der Waals surface area (Å²) in [7, 11) is 0. The number of hydrogen-bond acceptors (Lipinski definition) is 7. The zero-order valence-corrected chi connectivity index (χ0v) is 18.7. The first-order valence-corrected chi connectivity index (χ1v) is 10.4. The Labute approximate surface area is 182 Å². The fraction of sp³-hybridized carbons (Fsp3) is 0.636. The maximum Gasteiger partial charge on any atom is 0.410 e. The van der Waals surface area contributed by atoms with Crippen molar-refractivity contribution in [3.05, 3.63) is 46.0 Å². The number of nitro groups is 1. The van der Waals surface area contributed by atoms with Crippen LogP contribution in [0, 0.1) is 15.5 Å². The van der Waals surface area contributed by atoms with E-state index >= 15 is 0 Å². The summed E-state index contributed by atoms with van der Waals surface area (Å²) in [6.07, 6.45) is -0.379. The summed E-state index contributed by atoms with van der Waals surface area (Å²) in [6, 6.07) is 9.37. The minimum atomic E-state index is -1.01. The molecule has 0 bridgehead atoms. The van der Waals surface area contributed by atoms with Crippen molar-refractivity contribution in [2.24, 2.45) is 5.41 Å². The third-order valence-electron chi connectivity index (χ3n) is 4.88. The number of ether oxygens (including phenoxy) is 3. The van der Waals surface area contributed by atoms with Gasteiger partial charge in [-0.1, -0.05) is 30.3 Å². The summed E-state index contributed by atoms with van der Waals surface area (Å²) >= 11 is 0. The lowest BCUT2D eigenvalue weighted by Gasteiger charge is -2.39. The Bertz CT molecular complexity index is 763. The smallest absolute Gasteiger partial charge is 0.410 e. The molecular weight excluding hydrogens is 404 g/mol. The van der Waals surface area contributed by atoms with Crippen molar-refractivity contribution in [3.8, 4) is 0 Å². The second-order valence-electron chi connectivity index (χ2n) is 9.11. The molecule has 0 N–H and O–H groups in total. The summed E-state index contributed by atoms with van der Waals surface area (Å²) in [4.78, 5) is 37.3. The Hall–Kier alpha value is -2.68. The largest absolute Gasteiger partial charge is 0.452 e. The number of carbonyl (C=O) groups is 2. The van der Waals surface area contributed by atoms with Gasteiger partial charge < -0.3 is 19.1 Å². The minimum absolute atomic E-state index is 0.0898. The van der Waals surface area contributed by atoms with Gasteiger partial charge in [-0.05, 0) is 46.1 Å². The number of hydrogen-bond donors (Lipinski definition) is 0. The summed E-state index contributed by atoms with van der Waals surface area (Å²) in [6.45, 7) is 7.28. The van der Waals surface area contributed by atoms with Crippen LogP contribution in [0.3, 0.4) is 0 Å². The molecule has 0 aromatic heterocycles. The van der Waals surface area contributed by atoms with Crippen LogP contribution in [0.1, 0.15) is 46.1 Å². The monoisotopic (exact) mass is 436 g/mol. The van der Waals surface area contributed by atoms with Crippen molar-refractivity contribution in [3.63, 3.8) is 0 Å². The molecule has 2 unspecified atom stereocenters. The topological polar surface area (TPSA) is 108 Å². The first-order valence-electron chi connectivity index (χ1n) is 10.4. The predicted molar refractivity (Wildman–Crippen MR) is 113 cm³/mol. The lowest BCUT2D eigenvalue weighted by Crippen LogP contribution is -2.51. The number of piperidine rings is 1. The molecule has 1 heterocycles. The maximum absolute atomic E-state index is 12.9. The van der Waals surface area contributed by atoms with Gasteiger partial charge in [0.25, 0.3) is 0 Å². The number of carbonyl (C=O) groups excluding carboxylic acids is 2. The SMILES string of the molecule is CC(C)(C)OC(=O)N1CCCC(C)(C(=O)OC(COCc2ccccc2)C[N+](=O)[O-])C1. The molecule has 2 rings (SSSR count). The van der Waals surface area contributed by atoms with Crippen LogP contribution in [0.4, 0.5) is 4.79 Å². The van der Waals surface area contributed by atoms with E-state index in [1.807, 2.05) is 30.3 Å². The zero-order chi connectivity index (χ0) is 23.1. The molecule has 1 aliphatic heterocycles. The van der Waals surface area contributed by atoms with E-state index in [2.05, 4.69) is 0 Å². The molecule has 1 amide bonds. The molecule has 172 valence electrons. The molecule has 0 saturated carbocycles. The second kappa shape index (κ2) is 10.6. The Balaban J connectivity index is 1.96. The third kappa shape index (κ3) is 8.16. The van der Waals surface area contributed by atoms with Crippen LogP contribution < -0.4 is 0 Å². The molecule has 1 fully saturated rings. The standard InChI is InChI=1S/C22H32N2O7/c1-21(2,3)31-20(26)23-12-8-11-22(4,16-23)19(25)30-18(13-24(27)28)15-29-14-17-9-6-5-7-10-17/h5-7,9-10,18H,8,11-16H2,1-4H3. The highest BCUT2D eigenvalue weighted by Gasteiger charge is 2.43. The molecule has 1 aromatic rings. The van der Waals surface area contributed by atoms with Crippen LogP contribution >= 0.6 is 0 Å². The van der Waals surface area contributed by atoms with E-state index in [9.17, 15) is 19.7 Å². The van der Waals surface area contributed by atoms with Gasteiger partial charge in [-0.3, -0.25) is 14.9 Å². The quantitative estimate of drug-likeness (QED) is 0.349. The summed E-state index contributed by atoms with van der Waals surface area (Å²) in [5.74, 6) is -0.573. The predicted octanol–water partition coefficient (Wildman–Crippen LogP) is 3.43. The summed E-state index contributed by atoms with van der Waals surface area (Å²) < 4.78 is 16.4. The molecular formula is C22H32N2O7. The molecule has 1 aliphatic rings. The van der Waals surface area contributed by atoms with Gasteiger partial charge in [0.05, 0.1) is 18.6 Å². The van der Waals surface area contributed by atoms with E-state index in [0.29, 0.717) is 19.4 Å². The Kier molecular flexibility index (Phi) is 8.38. The Morgan fingerprint density at radius 2 is 1.94 bits per heavy atom. The van der Waals surface area contributed by atoms with Crippen LogP contribution in [0.5, 0.6) is 0 Å². The van der Waals surface area contributed by atoms with Crippen molar-refractivity contribution in [1.82, 2.24) is 4.90 Å². The normalized spacial score (nSPS) is 20.1. The van der Waals surface area contributed by atoms with E-state index in [1.165, 1.54) is 4.90 Å². The minimum Gasteiger partial charge on any atom is -0.452 e. The van der Waals surface area contributed by atoms with E-state index in [0.717, 1.165) is 5.56 Å². The van der Waals surface area contributed by atoms with Crippen molar-refractivity contribution in [1.29, 1.82) is 0 Å². The lowest BCUT2D eigenvalue weighted by atomic mass is 9.82. The van der Waals surface area contributed by atoms with Crippen LogP contribution in [0.25, 0.3) is 0 Å². The number of benzene rings is 1. The van der Waals surface area contributed by atoms with Crippen molar-refractivity contribution in [2.45, 2.75) is 58.8 Å². The van der Waals surface area contributed by atoms with E-state index < -0.39 is 40.7 Å². The number of esters is 1. The number of amides is 1. The van der Waals surface area contributed by atoms with E-state index in [1.54, 1.807) is 27.7 Å². The van der Waals surface area contributed by atoms with Gasteiger partial charge in [0.1, 0.15) is 5.60 Å². The molecule has 31 heavy (non-hydrogen) atoms. The molecule has 9 heteroatoms. The van der Waals surface area contributed by atoms with Crippen molar-refractivity contribution >= 4 is 12.1 Å². The number of likely N-dealkylation sites (tertiary alicyclic amines) is 1. The fourth-order valence-corrected chi connectivity index (χ4v) is 3.35. The molecule has 9 nitrogen and oxygen atoms in total. The van der Waals surface area contributed by atoms with Crippen LogP contribution in [-0.2, 0) is 25.6 Å². The zero-order valence-electron chi connectivity index (χ0n) is 18.7. The highest BCUT2D eigenvalue weighted by atomic mass is 16.6. The van der Waals surface area contributed by atoms with Crippen LogP contribution in [0.15, 0.2) is 30.3 Å². The Morgan fingerprint density at radius 3 is 2.55 bits per heavy atom. The van der Waals surface area contributed by atoms with E-state index in [4.69, 9.17) is 14.2 Å². The van der Waals surface area contributed by atoms with E-state index in [-0.39, 0.29) is 19.8 Å². The molecule has 0 spiro atoms. The fourth-order valence-electron chi connectivity index (χ4n) is 3.35. The third-order valence-corrected chi connectivity index (χ3v) is 4.88. The Morgan fingerprint density at radius 1 is 1.26 bits per heavy atom. The van der Waals surface area contributed by atoms with Gasteiger partial charge in [-0.2, -0.15) is 0 Å². The maximum atomic E-state index is 12.9. The second-order valence-corrected chi connectivity index (χ2v) is 9.11. The first kappa shape index (κ1) is 24.6. The van der Waals surface area contributed by atoms with Crippen LogP contribution in [0.2, 0.25) is 0 Å². The molecule has 1 saturated heterocycles. The number of nitrogens with zero attached hydrogens (tertiary/aromatic N) is 2. The molecule has 0 aliphatic carbocycles. The molecule has 1 aromatic carbocycles. The van der Waals surface area contributed by atoms with Crippen molar-refractivity contribution in [2.75, 3.05) is 26.2 Å². The summed E-state index contributed by atoms with van der Waals surface area (Å²) in [5.41, 5.74) is -0.692. The van der Waals surface area contributed by atoms with Gasteiger partial charge in [0, 0.05) is 18.0 Å². The van der Waals surface area contributed by atoms with Gasteiger partial charge in [-0.15, -0.1) is 0 Å². The average Bonchev–Trinajstić information content (AvgIpc) is 2.67. The lowest BCUT2D eigenvalue weighted by molar-refractivity contribution is -0.491. The van der Waals surface area contributed by atoms with Gasteiger partial charge in [-0.25, -0.2) is 4.79 Å². The summed E-state index contributed by atoms with van der Waals surface area (Å²) in [5, 5.41) is 11.0.